The number of carbonyl (C=O) groups excluding carboxylic acids is 1. The molecule has 5 aromatic rings. The second-order valence-corrected chi connectivity index (χ2v) is 7.80. The number of carbonyl (C=O) groups is 1. The van der Waals surface area contributed by atoms with Gasteiger partial charge in [-0.2, -0.15) is 5.26 Å². The van der Waals surface area contributed by atoms with Crippen molar-refractivity contribution < 1.29 is 4.79 Å². The van der Waals surface area contributed by atoms with Gasteiger partial charge >= 0.3 is 0 Å². The van der Waals surface area contributed by atoms with Crippen LogP contribution in [0.1, 0.15) is 15.9 Å². The number of anilines is 5. The summed E-state index contributed by atoms with van der Waals surface area (Å²) < 4.78 is 0. The average Bonchev–Trinajstić information content (AvgIpc) is 2.90. The Kier molecular flexibility index (Phi) is 6.01. The fraction of sp³-hybridized carbons (Fsp3) is 0. The van der Waals surface area contributed by atoms with E-state index in [4.69, 9.17) is 5.26 Å². The van der Waals surface area contributed by atoms with Crippen LogP contribution in [-0.2, 0) is 0 Å². The molecule has 0 radical (unpaired) electrons. The normalized spacial score (nSPS) is 10.4. The van der Waals surface area contributed by atoms with E-state index in [1.165, 1.54) is 0 Å². The third-order valence-electron chi connectivity index (χ3n) is 5.39. The standard InChI is InChI=1S/C28H20N6O/c29-18-19-4-9-25-26(12-15-31-27(25)16-19)33-24-3-1-2-20(17-24)28(35)34-22-7-5-21(6-8-22)32-23-10-13-30-14-11-23/h1-17H,(H,30,32)(H,31,33)(H,34,35). The average molecular weight is 457 g/mol. The maximum Gasteiger partial charge on any atom is 0.255 e. The molecule has 0 bridgehead atoms. The molecule has 2 heterocycles. The summed E-state index contributed by atoms with van der Waals surface area (Å²) in [7, 11) is 0. The van der Waals surface area contributed by atoms with Crippen LogP contribution in [0.2, 0.25) is 0 Å². The van der Waals surface area contributed by atoms with Crippen LogP contribution in [0.3, 0.4) is 0 Å². The van der Waals surface area contributed by atoms with Gasteiger partial charge in [-0.3, -0.25) is 14.8 Å². The highest BCUT2D eigenvalue weighted by Crippen LogP contribution is 2.26. The second-order valence-electron chi connectivity index (χ2n) is 7.80. The molecule has 7 heteroatoms. The van der Waals surface area contributed by atoms with Crippen molar-refractivity contribution in [3.8, 4) is 6.07 Å². The van der Waals surface area contributed by atoms with Crippen molar-refractivity contribution in [2.45, 2.75) is 0 Å². The van der Waals surface area contributed by atoms with Crippen LogP contribution in [0.25, 0.3) is 10.9 Å². The third kappa shape index (κ3) is 5.07. The summed E-state index contributed by atoms with van der Waals surface area (Å²) in [5.41, 5.74) is 5.97. The molecule has 168 valence electrons. The Morgan fingerprint density at radius 3 is 2.31 bits per heavy atom. The molecule has 0 saturated heterocycles. The Labute approximate surface area is 202 Å². The van der Waals surface area contributed by atoms with Crippen molar-refractivity contribution in [1.82, 2.24) is 9.97 Å². The summed E-state index contributed by atoms with van der Waals surface area (Å²) in [6.07, 6.45) is 5.14. The predicted octanol–water partition coefficient (Wildman–Crippen LogP) is 6.24. The number of fused-ring (bicyclic) bond motifs is 1. The van der Waals surface area contributed by atoms with E-state index in [2.05, 4.69) is 32.0 Å². The number of amides is 1. The molecule has 7 nitrogen and oxygen atoms in total. The number of benzene rings is 3. The van der Waals surface area contributed by atoms with Crippen molar-refractivity contribution in [3.63, 3.8) is 0 Å². The van der Waals surface area contributed by atoms with Gasteiger partial charge in [0.1, 0.15) is 0 Å². The molecule has 5 rings (SSSR count). The number of nitriles is 1. The van der Waals surface area contributed by atoms with Gasteiger partial charge in [-0.05, 0) is 78.9 Å². The van der Waals surface area contributed by atoms with Gasteiger partial charge in [-0.15, -0.1) is 0 Å². The van der Waals surface area contributed by atoms with Gasteiger partial charge in [-0.25, -0.2) is 0 Å². The minimum absolute atomic E-state index is 0.207. The number of aromatic nitrogens is 2. The van der Waals surface area contributed by atoms with Crippen LogP contribution >= 0.6 is 0 Å². The van der Waals surface area contributed by atoms with E-state index in [1.54, 1.807) is 42.9 Å². The molecule has 0 fully saturated rings. The van der Waals surface area contributed by atoms with E-state index in [-0.39, 0.29) is 5.91 Å². The Balaban J connectivity index is 1.29. The summed E-state index contributed by atoms with van der Waals surface area (Å²) >= 11 is 0. The molecule has 0 unspecified atom stereocenters. The fourth-order valence-electron chi connectivity index (χ4n) is 3.66. The van der Waals surface area contributed by atoms with Gasteiger partial charge in [0.2, 0.25) is 0 Å². The summed E-state index contributed by atoms with van der Waals surface area (Å²) in [6.45, 7) is 0. The number of pyridine rings is 2. The van der Waals surface area contributed by atoms with Crippen molar-refractivity contribution in [2.75, 3.05) is 16.0 Å². The first-order valence-electron chi connectivity index (χ1n) is 10.9. The highest BCUT2D eigenvalue weighted by atomic mass is 16.1. The van der Waals surface area contributed by atoms with E-state index in [0.29, 0.717) is 16.8 Å². The van der Waals surface area contributed by atoms with Crippen molar-refractivity contribution >= 4 is 45.2 Å². The van der Waals surface area contributed by atoms with Gasteiger partial charge in [0.05, 0.1) is 17.1 Å². The van der Waals surface area contributed by atoms with Gasteiger partial charge in [0, 0.05) is 58.0 Å². The van der Waals surface area contributed by atoms with Crippen LogP contribution in [-0.4, -0.2) is 15.9 Å². The number of rotatable bonds is 6. The monoisotopic (exact) mass is 456 g/mol. The third-order valence-corrected chi connectivity index (χ3v) is 5.39. The van der Waals surface area contributed by atoms with E-state index < -0.39 is 0 Å². The number of hydrogen-bond acceptors (Lipinski definition) is 6. The molecule has 35 heavy (non-hydrogen) atoms. The quantitative estimate of drug-likeness (QED) is 0.279. The van der Waals surface area contributed by atoms with Crippen LogP contribution in [0.5, 0.6) is 0 Å². The zero-order chi connectivity index (χ0) is 24.0. The van der Waals surface area contributed by atoms with E-state index in [9.17, 15) is 4.79 Å². The lowest BCUT2D eigenvalue weighted by Crippen LogP contribution is -2.12. The molecular weight excluding hydrogens is 436 g/mol. The zero-order valence-corrected chi connectivity index (χ0v) is 18.6. The predicted molar refractivity (Wildman–Crippen MR) is 138 cm³/mol. The summed E-state index contributed by atoms with van der Waals surface area (Å²) in [4.78, 5) is 21.2. The smallest absolute Gasteiger partial charge is 0.255 e. The van der Waals surface area contributed by atoms with Crippen molar-refractivity contribution in [3.05, 3.63) is 115 Å². The topological polar surface area (TPSA) is 103 Å². The molecule has 0 aliphatic heterocycles. The molecule has 0 spiro atoms. The Hall–Kier alpha value is -5.22. The highest BCUT2D eigenvalue weighted by molar-refractivity contribution is 6.05. The Bertz CT molecular complexity index is 1540. The van der Waals surface area contributed by atoms with Gasteiger partial charge in [0.15, 0.2) is 0 Å². The fourth-order valence-corrected chi connectivity index (χ4v) is 3.66. The number of nitrogens with zero attached hydrogens (tertiary/aromatic N) is 3. The lowest BCUT2D eigenvalue weighted by Gasteiger charge is -2.12. The first-order valence-corrected chi connectivity index (χ1v) is 10.9. The van der Waals surface area contributed by atoms with Crippen LogP contribution in [0.4, 0.5) is 28.4 Å². The van der Waals surface area contributed by atoms with Crippen LogP contribution in [0, 0.1) is 11.3 Å². The number of nitrogens with one attached hydrogen (secondary N) is 3. The van der Waals surface area contributed by atoms with Gasteiger partial charge in [-0.1, -0.05) is 6.07 Å². The van der Waals surface area contributed by atoms with Crippen LogP contribution in [0.15, 0.2) is 104 Å². The summed E-state index contributed by atoms with van der Waals surface area (Å²) in [5.74, 6) is -0.207. The molecule has 1 amide bonds. The maximum atomic E-state index is 12.9. The van der Waals surface area contributed by atoms with E-state index in [1.807, 2.05) is 60.7 Å². The van der Waals surface area contributed by atoms with Crippen molar-refractivity contribution in [2.24, 2.45) is 0 Å². The van der Waals surface area contributed by atoms with E-state index >= 15 is 0 Å². The SMILES string of the molecule is N#Cc1ccc2c(Nc3cccc(C(=O)Nc4ccc(Nc5ccncc5)cc4)c3)ccnc2c1. The van der Waals surface area contributed by atoms with Gasteiger partial charge < -0.3 is 16.0 Å². The summed E-state index contributed by atoms with van der Waals surface area (Å²) in [6, 6.07) is 27.9. The molecule has 2 aromatic heterocycles. The minimum atomic E-state index is -0.207. The van der Waals surface area contributed by atoms with Crippen molar-refractivity contribution in [1.29, 1.82) is 5.26 Å². The minimum Gasteiger partial charge on any atom is -0.355 e. The summed E-state index contributed by atoms with van der Waals surface area (Å²) in [5, 5.41) is 19.6. The Morgan fingerprint density at radius 1 is 0.743 bits per heavy atom. The Morgan fingerprint density at radius 2 is 1.51 bits per heavy atom. The molecule has 0 saturated carbocycles. The molecule has 0 atom stereocenters. The van der Waals surface area contributed by atoms with Gasteiger partial charge in [0.25, 0.3) is 5.91 Å². The first-order chi connectivity index (χ1) is 17.2. The largest absolute Gasteiger partial charge is 0.355 e. The molecule has 0 aliphatic rings. The molecule has 0 aliphatic carbocycles. The molecule has 3 aromatic carbocycles. The molecular formula is C28H20N6O. The lowest BCUT2D eigenvalue weighted by atomic mass is 10.1. The highest BCUT2D eigenvalue weighted by Gasteiger charge is 2.09. The molecule has 3 N–H and O–H groups in total. The maximum absolute atomic E-state index is 12.9. The lowest BCUT2D eigenvalue weighted by molar-refractivity contribution is 0.102. The van der Waals surface area contributed by atoms with Crippen LogP contribution < -0.4 is 16.0 Å². The van der Waals surface area contributed by atoms with E-state index in [0.717, 1.165) is 33.7 Å². The first kappa shape index (κ1) is 21.6. The second kappa shape index (κ2) is 9.73. The number of hydrogen-bond donors (Lipinski definition) is 3. The zero-order valence-electron chi connectivity index (χ0n) is 18.6.